The van der Waals surface area contributed by atoms with E-state index in [9.17, 15) is 0 Å². The van der Waals surface area contributed by atoms with Gasteiger partial charge < -0.3 is 14.8 Å². The van der Waals surface area contributed by atoms with Gasteiger partial charge in [-0.3, -0.25) is 0 Å². The van der Waals surface area contributed by atoms with Crippen molar-refractivity contribution in [3.05, 3.63) is 5.82 Å². The number of ether oxygens (including phenoxy) is 2. The SMILES string of the molecule is CNc1nc(C2(OC)CCOCC2)ns1. The highest BCUT2D eigenvalue weighted by molar-refractivity contribution is 7.09. The topological polar surface area (TPSA) is 56.3 Å². The fraction of sp³-hybridized carbons (Fsp3) is 0.778. The molecule has 1 aliphatic heterocycles. The van der Waals surface area contributed by atoms with E-state index in [2.05, 4.69) is 14.7 Å². The monoisotopic (exact) mass is 229 g/mol. The molecule has 84 valence electrons. The summed E-state index contributed by atoms with van der Waals surface area (Å²) in [6.07, 6.45) is 1.65. The maximum Gasteiger partial charge on any atom is 0.202 e. The summed E-state index contributed by atoms with van der Waals surface area (Å²) in [6, 6.07) is 0. The van der Waals surface area contributed by atoms with Crippen LogP contribution in [0, 0.1) is 0 Å². The molecule has 1 aliphatic rings. The van der Waals surface area contributed by atoms with E-state index >= 15 is 0 Å². The molecule has 15 heavy (non-hydrogen) atoms. The molecule has 1 aromatic rings. The Morgan fingerprint density at radius 1 is 1.47 bits per heavy atom. The first kappa shape index (κ1) is 10.8. The van der Waals surface area contributed by atoms with Gasteiger partial charge in [-0.05, 0) is 0 Å². The minimum atomic E-state index is -0.343. The number of anilines is 1. The highest BCUT2D eigenvalue weighted by Crippen LogP contribution is 2.34. The lowest BCUT2D eigenvalue weighted by Gasteiger charge is -2.33. The van der Waals surface area contributed by atoms with Crippen LogP contribution < -0.4 is 5.32 Å². The molecule has 0 spiro atoms. The molecule has 2 heterocycles. The average molecular weight is 229 g/mol. The van der Waals surface area contributed by atoms with E-state index in [0.29, 0.717) is 13.2 Å². The van der Waals surface area contributed by atoms with Gasteiger partial charge in [0.05, 0.1) is 0 Å². The van der Waals surface area contributed by atoms with E-state index in [-0.39, 0.29) is 5.60 Å². The Kier molecular flexibility index (Phi) is 3.18. The highest BCUT2D eigenvalue weighted by Gasteiger charge is 2.38. The predicted octanol–water partition coefficient (Wildman–Crippen LogP) is 1.23. The van der Waals surface area contributed by atoms with Crippen molar-refractivity contribution in [3.8, 4) is 0 Å². The number of nitrogens with zero attached hydrogens (tertiary/aromatic N) is 2. The standard InChI is InChI=1S/C9H15N3O2S/c1-10-8-11-7(12-15-8)9(13-2)3-5-14-6-4-9/h3-6H2,1-2H3,(H,10,11,12). The van der Waals surface area contributed by atoms with Crippen LogP contribution >= 0.6 is 11.5 Å². The minimum Gasteiger partial charge on any atom is -0.381 e. The van der Waals surface area contributed by atoms with Crippen molar-refractivity contribution in [2.24, 2.45) is 0 Å². The van der Waals surface area contributed by atoms with Gasteiger partial charge in [-0.15, -0.1) is 0 Å². The van der Waals surface area contributed by atoms with Gasteiger partial charge in [-0.1, -0.05) is 0 Å². The lowest BCUT2D eigenvalue weighted by atomic mass is 9.93. The van der Waals surface area contributed by atoms with Gasteiger partial charge in [-0.25, -0.2) is 4.98 Å². The van der Waals surface area contributed by atoms with E-state index in [4.69, 9.17) is 9.47 Å². The molecular weight excluding hydrogens is 214 g/mol. The van der Waals surface area contributed by atoms with Crippen LogP contribution in [0.4, 0.5) is 5.13 Å². The van der Waals surface area contributed by atoms with E-state index in [1.54, 1.807) is 7.11 Å². The lowest BCUT2D eigenvalue weighted by molar-refractivity contribution is -0.0993. The molecule has 0 bridgehead atoms. The van der Waals surface area contributed by atoms with Crippen molar-refractivity contribution in [3.63, 3.8) is 0 Å². The Morgan fingerprint density at radius 2 is 2.20 bits per heavy atom. The maximum atomic E-state index is 5.60. The summed E-state index contributed by atoms with van der Waals surface area (Å²) in [5, 5.41) is 3.81. The molecule has 5 nitrogen and oxygen atoms in total. The molecule has 1 saturated heterocycles. The van der Waals surface area contributed by atoms with Gasteiger partial charge in [0.1, 0.15) is 5.60 Å². The van der Waals surface area contributed by atoms with Gasteiger partial charge >= 0.3 is 0 Å². The van der Waals surface area contributed by atoms with Crippen LogP contribution in [0.15, 0.2) is 0 Å². The van der Waals surface area contributed by atoms with E-state index in [1.165, 1.54) is 11.5 Å². The molecule has 1 fully saturated rings. The second-order valence-electron chi connectivity index (χ2n) is 3.48. The first-order valence-electron chi connectivity index (χ1n) is 4.95. The van der Waals surface area contributed by atoms with Crippen LogP contribution in [0.25, 0.3) is 0 Å². The summed E-state index contributed by atoms with van der Waals surface area (Å²) in [4.78, 5) is 4.41. The number of methoxy groups -OCH3 is 1. The molecular formula is C9H15N3O2S. The van der Waals surface area contributed by atoms with Crippen molar-refractivity contribution >= 4 is 16.7 Å². The molecule has 0 saturated carbocycles. The molecule has 0 aliphatic carbocycles. The van der Waals surface area contributed by atoms with Crippen LogP contribution in [0.5, 0.6) is 0 Å². The molecule has 0 aromatic carbocycles. The second-order valence-corrected chi connectivity index (χ2v) is 4.24. The van der Waals surface area contributed by atoms with Crippen molar-refractivity contribution in [1.29, 1.82) is 0 Å². The summed E-state index contributed by atoms with van der Waals surface area (Å²) in [5.74, 6) is 0.780. The molecule has 0 radical (unpaired) electrons. The van der Waals surface area contributed by atoms with Gasteiger partial charge in [0.25, 0.3) is 0 Å². The Morgan fingerprint density at radius 3 is 2.73 bits per heavy atom. The molecule has 0 atom stereocenters. The molecule has 2 rings (SSSR count). The minimum absolute atomic E-state index is 0.343. The summed E-state index contributed by atoms with van der Waals surface area (Å²) < 4.78 is 15.3. The predicted molar refractivity (Wildman–Crippen MR) is 58.2 cm³/mol. The van der Waals surface area contributed by atoms with Crippen molar-refractivity contribution < 1.29 is 9.47 Å². The zero-order chi connectivity index (χ0) is 10.7. The van der Waals surface area contributed by atoms with Crippen LogP contribution in [0.1, 0.15) is 18.7 Å². The van der Waals surface area contributed by atoms with Gasteiger partial charge in [0.15, 0.2) is 5.82 Å². The number of hydrogen-bond donors (Lipinski definition) is 1. The van der Waals surface area contributed by atoms with Crippen LogP contribution in [-0.2, 0) is 15.1 Å². The van der Waals surface area contributed by atoms with Crippen molar-refractivity contribution in [2.75, 3.05) is 32.7 Å². The third-order valence-electron chi connectivity index (χ3n) is 2.74. The fourth-order valence-electron chi connectivity index (χ4n) is 1.73. The highest BCUT2D eigenvalue weighted by atomic mass is 32.1. The Bertz CT molecular complexity index is 323. The number of rotatable bonds is 3. The van der Waals surface area contributed by atoms with Crippen LogP contribution in [0.3, 0.4) is 0 Å². The zero-order valence-electron chi connectivity index (χ0n) is 8.95. The second kappa shape index (κ2) is 4.42. The largest absolute Gasteiger partial charge is 0.381 e. The Hall–Kier alpha value is -0.720. The van der Waals surface area contributed by atoms with Crippen molar-refractivity contribution in [1.82, 2.24) is 9.36 Å². The fourth-order valence-corrected chi connectivity index (χ4v) is 2.33. The Labute approximate surface area is 93.0 Å². The van der Waals surface area contributed by atoms with E-state index in [0.717, 1.165) is 23.8 Å². The summed E-state index contributed by atoms with van der Waals surface area (Å²) in [7, 11) is 3.55. The first-order valence-corrected chi connectivity index (χ1v) is 5.73. The summed E-state index contributed by atoms with van der Waals surface area (Å²) >= 11 is 1.36. The molecule has 6 heteroatoms. The zero-order valence-corrected chi connectivity index (χ0v) is 9.76. The van der Waals surface area contributed by atoms with Crippen LogP contribution in [-0.4, -0.2) is 36.7 Å². The third kappa shape index (κ3) is 1.97. The summed E-state index contributed by atoms with van der Waals surface area (Å²) in [5.41, 5.74) is -0.343. The molecule has 0 unspecified atom stereocenters. The summed E-state index contributed by atoms with van der Waals surface area (Å²) in [6.45, 7) is 1.42. The smallest absolute Gasteiger partial charge is 0.202 e. The average Bonchev–Trinajstić information content (AvgIpc) is 2.79. The number of hydrogen-bond acceptors (Lipinski definition) is 6. The van der Waals surface area contributed by atoms with E-state index < -0.39 is 0 Å². The third-order valence-corrected chi connectivity index (χ3v) is 3.47. The molecule has 0 amide bonds. The molecule has 1 aromatic heterocycles. The van der Waals surface area contributed by atoms with Crippen LogP contribution in [0.2, 0.25) is 0 Å². The first-order chi connectivity index (χ1) is 7.30. The Balaban J connectivity index is 2.24. The van der Waals surface area contributed by atoms with E-state index in [1.807, 2.05) is 7.05 Å². The maximum absolute atomic E-state index is 5.60. The van der Waals surface area contributed by atoms with Gasteiger partial charge in [0.2, 0.25) is 5.13 Å². The number of aromatic nitrogens is 2. The molecule has 1 N–H and O–H groups in total. The number of nitrogens with one attached hydrogen (secondary N) is 1. The quantitative estimate of drug-likeness (QED) is 0.845. The normalized spacial score (nSPS) is 20.1. The van der Waals surface area contributed by atoms with Gasteiger partial charge in [-0.2, -0.15) is 4.37 Å². The van der Waals surface area contributed by atoms with Crippen molar-refractivity contribution in [2.45, 2.75) is 18.4 Å². The lowest BCUT2D eigenvalue weighted by Crippen LogP contribution is -2.36. The van der Waals surface area contributed by atoms with Gasteiger partial charge in [0, 0.05) is 51.7 Å².